The molecule has 4 N–H and O–H groups in total. The molecule has 0 aliphatic heterocycles. The van der Waals surface area contributed by atoms with Gasteiger partial charge in [0.1, 0.15) is 11.2 Å². The third kappa shape index (κ3) is 22.1. The van der Waals surface area contributed by atoms with Gasteiger partial charge in [0, 0.05) is 0 Å². The zero-order chi connectivity index (χ0) is 15.7. The lowest BCUT2D eigenvalue weighted by Gasteiger charge is -2.10. The minimum atomic E-state index is -1.01. The van der Waals surface area contributed by atoms with E-state index in [1.54, 1.807) is 27.7 Å². The van der Waals surface area contributed by atoms with Crippen LogP contribution in [-0.4, -0.2) is 44.1 Å². The summed E-state index contributed by atoms with van der Waals surface area (Å²) in [5.41, 5.74) is -2.03. The molecule has 0 saturated heterocycles. The van der Waals surface area contributed by atoms with Gasteiger partial charge in [-0.05, 0) is 40.5 Å². The number of carboxylic acids is 1. The first-order chi connectivity index (χ1) is 8.43. The van der Waals surface area contributed by atoms with Crippen LogP contribution in [0.2, 0.25) is 0 Å². The molecule has 110 valence electrons. The molecule has 0 bridgehead atoms. The Morgan fingerprint density at radius 3 is 1.42 bits per heavy atom. The van der Waals surface area contributed by atoms with Crippen molar-refractivity contribution in [1.29, 1.82) is 0 Å². The number of rotatable bonds is 1. The minimum Gasteiger partial charge on any atom is -0.483 e. The van der Waals surface area contributed by atoms with Gasteiger partial charge < -0.3 is 20.4 Å². The fourth-order valence-corrected chi connectivity index (χ4v) is 0.636. The molecule has 0 unspecified atom stereocenters. The van der Waals surface area contributed by atoms with Crippen LogP contribution in [0.4, 0.5) is 0 Å². The molecule has 0 aromatic rings. The Kier molecular flexibility index (Phi) is 8.85. The molecule has 0 aromatic heterocycles. The maximum atomic E-state index is 9.76. The summed E-state index contributed by atoms with van der Waals surface area (Å²) in [5.74, 6) is 4.42. The van der Waals surface area contributed by atoms with Gasteiger partial charge in [0.05, 0.1) is 5.92 Å². The van der Waals surface area contributed by atoms with Crippen molar-refractivity contribution in [3.05, 3.63) is 0 Å². The Hall–Kier alpha value is -1.58. The van der Waals surface area contributed by atoms with Gasteiger partial charge in [-0.15, -0.1) is 0 Å². The highest BCUT2D eigenvalue weighted by atomic mass is 16.4. The molecule has 1 fully saturated rings. The first kappa shape index (κ1) is 19.8. The normalized spacial score (nSPS) is 13.6. The first-order valence-corrected chi connectivity index (χ1v) is 5.72. The van der Waals surface area contributed by atoms with E-state index in [2.05, 4.69) is 11.8 Å². The predicted octanol–water partition coefficient (Wildman–Crippen LogP) is 0.713. The van der Waals surface area contributed by atoms with Gasteiger partial charge in [-0.1, -0.05) is 11.8 Å². The second-order valence-corrected chi connectivity index (χ2v) is 5.09. The van der Waals surface area contributed by atoms with Gasteiger partial charge in [-0.2, -0.15) is 0 Å². The Morgan fingerprint density at radius 1 is 1.11 bits per heavy atom. The Balaban J connectivity index is 0. The average molecular weight is 274 g/mol. The molecule has 6 heteroatoms. The summed E-state index contributed by atoms with van der Waals surface area (Å²) in [6.45, 7) is 6.05. The molecular weight excluding hydrogens is 252 g/mol. The van der Waals surface area contributed by atoms with E-state index in [0.717, 1.165) is 12.8 Å². The van der Waals surface area contributed by atoms with E-state index < -0.39 is 17.2 Å². The van der Waals surface area contributed by atoms with Crippen LogP contribution in [0.25, 0.3) is 0 Å². The van der Waals surface area contributed by atoms with Crippen molar-refractivity contribution >= 4 is 12.4 Å². The summed E-state index contributed by atoms with van der Waals surface area (Å²) >= 11 is 0. The van der Waals surface area contributed by atoms with Crippen LogP contribution in [0.5, 0.6) is 0 Å². The summed E-state index contributed by atoms with van der Waals surface area (Å²) in [7, 11) is 0. The average Bonchev–Trinajstić information content (AvgIpc) is 2.97. The van der Waals surface area contributed by atoms with Crippen molar-refractivity contribution in [2.75, 3.05) is 0 Å². The van der Waals surface area contributed by atoms with Crippen molar-refractivity contribution in [1.82, 2.24) is 0 Å². The molecule has 1 aliphatic carbocycles. The molecule has 0 amide bonds. The quantitative estimate of drug-likeness (QED) is 0.413. The molecule has 19 heavy (non-hydrogen) atoms. The number of hydrogen-bond donors (Lipinski definition) is 4. The fraction of sp³-hybridized carbons (Fsp3) is 0.692. The van der Waals surface area contributed by atoms with Crippen molar-refractivity contribution in [3.63, 3.8) is 0 Å². The van der Waals surface area contributed by atoms with Gasteiger partial charge in [-0.25, -0.2) is 0 Å². The Bertz CT molecular complexity index is 315. The standard InChI is InChI=1S/C8H14O2.C4H6O2.CH2O2/c1-7(2,9)5-6-8(3,4)10;5-4(6)3-1-2-3;2-1-3/h9-10H,1-4H3;3H,1-2H2,(H,5,6);1H,(H,2,3). The second-order valence-electron chi connectivity index (χ2n) is 5.09. The van der Waals surface area contributed by atoms with Gasteiger partial charge in [0.15, 0.2) is 0 Å². The van der Waals surface area contributed by atoms with E-state index >= 15 is 0 Å². The summed E-state index contributed by atoms with van der Waals surface area (Å²) in [6.07, 6.45) is 1.80. The molecular formula is C13H22O6. The summed E-state index contributed by atoms with van der Waals surface area (Å²) < 4.78 is 0. The highest BCUT2D eigenvalue weighted by molar-refractivity contribution is 5.72. The number of carbonyl (C=O) groups is 2. The maximum Gasteiger partial charge on any atom is 0.306 e. The Labute approximate surface area is 113 Å². The number of hydrogen-bond acceptors (Lipinski definition) is 4. The second kappa shape index (κ2) is 8.51. The van der Waals surface area contributed by atoms with Crippen LogP contribution in [0.3, 0.4) is 0 Å². The first-order valence-electron chi connectivity index (χ1n) is 5.72. The minimum absolute atomic E-state index is 0.0185. The lowest BCUT2D eigenvalue weighted by molar-refractivity contribution is -0.138. The zero-order valence-corrected chi connectivity index (χ0v) is 11.7. The van der Waals surface area contributed by atoms with Gasteiger partial charge in [0.2, 0.25) is 0 Å². The number of carboxylic acid groups (broad SMARTS) is 2. The predicted molar refractivity (Wildman–Crippen MR) is 69.4 cm³/mol. The highest BCUT2D eigenvalue weighted by Crippen LogP contribution is 2.28. The zero-order valence-electron chi connectivity index (χ0n) is 11.7. The van der Waals surface area contributed by atoms with Crippen LogP contribution in [0.1, 0.15) is 40.5 Å². The molecule has 1 aliphatic rings. The van der Waals surface area contributed by atoms with Crippen molar-refractivity contribution < 1.29 is 30.0 Å². The molecule has 0 spiro atoms. The summed E-state index contributed by atoms with van der Waals surface area (Å²) in [4.78, 5) is 18.1. The van der Waals surface area contributed by atoms with Crippen LogP contribution < -0.4 is 0 Å². The van der Waals surface area contributed by atoms with Crippen molar-refractivity contribution in [2.24, 2.45) is 5.92 Å². The molecule has 1 saturated carbocycles. The molecule has 0 aromatic carbocycles. The molecule has 0 heterocycles. The monoisotopic (exact) mass is 274 g/mol. The van der Waals surface area contributed by atoms with Crippen LogP contribution in [-0.2, 0) is 9.59 Å². The largest absolute Gasteiger partial charge is 0.483 e. The van der Waals surface area contributed by atoms with Crippen molar-refractivity contribution in [3.8, 4) is 11.8 Å². The van der Waals surface area contributed by atoms with Crippen LogP contribution >= 0.6 is 0 Å². The maximum absolute atomic E-state index is 9.76. The molecule has 0 radical (unpaired) electrons. The van der Waals surface area contributed by atoms with Gasteiger partial charge in [0.25, 0.3) is 6.47 Å². The van der Waals surface area contributed by atoms with Crippen molar-refractivity contribution in [2.45, 2.75) is 51.7 Å². The van der Waals surface area contributed by atoms with E-state index in [4.69, 9.17) is 25.2 Å². The number of aliphatic carboxylic acids is 1. The van der Waals surface area contributed by atoms with E-state index in [1.165, 1.54) is 0 Å². The smallest absolute Gasteiger partial charge is 0.306 e. The lowest BCUT2D eigenvalue weighted by Crippen LogP contribution is -2.20. The van der Waals surface area contributed by atoms with Crippen LogP contribution in [0.15, 0.2) is 0 Å². The topological polar surface area (TPSA) is 115 Å². The van der Waals surface area contributed by atoms with Crippen LogP contribution in [0, 0.1) is 17.8 Å². The fourth-order valence-electron chi connectivity index (χ4n) is 0.636. The van der Waals surface area contributed by atoms with E-state index in [-0.39, 0.29) is 12.4 Å². The highest BCUT2D eigenvalue weighted by Gasteiger charge is 2.28. The lowest BCUT2D eigenvalue weighted by atomic mass is 10.1. The number of aliphatic hydroxyl groups is 2. The van der Waals surface area contributed by atoms with E-state index in [0.29, 0.717) is 0 Å². The van der Waals surface area contributed by atoms with E-state index in [1.807, 2.05) is 0 Å². The summed E-state index contributed by atoms with van der Waals surface area (Å²) in [6, 6.07) is 0. The third-order valence-corrected chi connectivity index (χ3v) is 1.60. The molecule has 0 atom stereocenters. The van der Waals surface area contributed by atoms with Gasteiger partial charge >= 0.3 is 5.97 Å². The Morgan fingerprint density at radius 2 is 1.37 bits per heavy atom. The summed E-state index contributed by atoms with van der Waals surface area (Å²) in [5, 5.41) is 33.1. The molecule has 6 nitrogen and oxygen atoms in total. The van der Waals surface area contributed by atoms with E-state index in [9.17, 15) is 4.79 Å². The SMILES string of the molecule is CC(C)(O)C#CC(C)(C)O.O=C(O)C1CC1.O=CO. The third-order valence-electron chi connectivity index (χ3n) is 1.60. The van der Waals surface area contributed by atoms with Gasteiger partial charge in [-0.3, -0.25) is 9.59 Å². The molecule has 1 rings (SSSR count).